The van der Waals surface area contributed by atoms with Crippen molar-refractivity contribution < 1.29 is 32.6 Å². The maximum atomic E-state index is 12.8. The first-order valence-corrected chi connectivity index (χ1v) is 16.8. The zero-order chi connectivity index (χ0) is 33.7. The van der Waals surface area contributed by atoms with Gasteiger partial charge >= 0.3 is 5.97 Å². The van der Waals surface area contributed by atoms with Gasteiger partial charge in [-0.3, -0.25) is 4.79 Å². The standard InChI is InChI=1S/C37H31N3O7S/c1-38-28-5-4-6-33(23-28)48(44,45)40-27-13-19-30(20-14-27)47-32-18-12-25-21-31(17-11-26(25)22-32)46-29-15-9-24(10-16-29)36(41)39-35-8-3-2-7-34(35)37(42)43/h2-12,15-18,21-23,27,30,40H,13-14,19-20H2,(H,39,41)(H,42,43). The molecule has 3 N–H and O–H groups in total. The number of fused-ring (bicyclic) bond motifs is 1. The number of sulfonamides is 1. The van der Waals surface area contributed by atoms with Gasteiger partial charge in [0.25, 0.3) is 5.91 Å². The summed E-state index contributed by atoms with van der Waals surface area (Å²) in [6.07, 6.45) is 2.66. The number of carboxylic acids is 1. The fraction of sp³-hybridized carbons (Fsp3) is 0.162. The third-order valence-electron chi connectivity index (χ3n) is 8.10. The highest BCUT2D eigenvalue weighted by molar-refractivity contribution is 7.89. The van der Waals surface area contributed by atoms with Gasteiger partial charge < -0.3 is 19.9 Å². The van der Waals surface area contributed by atoms with Crippen molar-refractivity contribution in [2.45, 2.75) is 42.7 Å². The van der Waals surface area contributed by atoms with E-state index < -0.39 is 21.9 Å². The molecule has 1 aliphatic carbocycles. The van der Waals surface area contributed by atoms with Crippen LogP contribution in [-0.4, -0.2) is 37.5 Å². The van der Waals surface area contributed by atoms with Gasteiger partial charge in [0, 0.05) is 11.6 Å². The van der Waals surface area contributed by atoms with E-state index in [1.165, 1.54) is 24.3 Å². The molecule has 0 radical (unpaired) electrons. The second kappa shape index (κ2) is 14.0. The lowest BCUT2D eigenvalue weighted by molar-refractivity contribution is 0.0698. The highest BCUT2D eigenvalue weighted by atomic mass is 32.2. The minimum atomic E-state index is -3.71. The fourth-order valence-electron chi connectivity index (χ4n) is 5.62. The molecule has 1 amide bonds. The Kier molecular flexibility index (Phi) is 9.38. The summed E-state index contributed by atoms with van der Waals surface area (Å²) < 4.78 is 40.7. The molecule has 0 aliphatic heterocycles. The molecule has 1 aliphatic rings. The average molecular weight is 662 g/mol. The van der Waals surface area contributed by atoms with Crippen molar-refractivity contribution in [3.05, 3.63) is 132 Å². The summed E-state index contributed by atoms with van der Waals surface area (Å²) in [5, 5.41) is 13.9. The normalized spacial score (nSPS) is 16.1. The van der Waals surface area contributed by atoms with Gasteiger partial charge in [-0.25, -0.2) is 22.8 Å². The summed E-state index contributed by atoms with van der Waals surface area (Å²) in [5.74, 6) is 0.323. The van der Waals surface area contributed by atoms with Gasteiger partial charge in [-0.1, -0.05) is 36.4 Å². The molecule has 0 saturated heterocycles. The summed E-state index contributed by atoms with van der Waals surface area (Å²) >= 11 is 0. The van der Waals surface area contributed by atoms with E-state index >= 15 is 0 Å². The molecule has 242 valence electrons. The van der Waals surface area contributed by atoms with Gasteiger partial charge in [-0.05, 0) is 109 Å². The van der Waals surface area contributed by atoms with E-state index in [1.54, 1.807) is 48.5 Å². The lowest BCUT2D eigenvalue weighted by atomic mass is 9.93. The van der Waals surface area contributed by atoms with Gasteiger partial charge in [0.05, 0.1) is 28.8 Å². The molecule has 5 aromatic carbocycles. The molecule has 1 saturated carbocycles. The van der Waals surface area contributed by atoms with Crippen LogP contribution in [0.1, 0.15) is 46.4 Å². The first-order chi connectivity index (χ1) is 23.2. The molecule has 48 heavy (non-hydrogen) atoms. The number of nitrogens with zero attached hydrogens (tertiary/aromatic N) is 1. The number of amides is 1. The van der Waals surface area contributed by atoms with E-state index in [9.17, 15) is 23.1 Å². The number of hydrogen-bond acceptors (Lipinski definition) is 6. The second-order valence-corrected chi connectivity index (χ2v) is 13.1. The molecular formula is C37H31N3O7S. The van der Waals surface area contributed by atoms with Crippen molar-refractivity contribution in [2.75, 3.05) is 5.32 Å². The SMILES string of the molecule is [C-]#[N+]c1cccc(S(=O)(=O)NC2CCC(Oc3ccc4cc(Oc5ccc(C(=O)Nc6ccccc6C(=O)O)cc5)ccc4c3)CC2)c1. The number of nitrogens with one attached hydrogen (secondary N) is 2. The third kappa shape index (κ3) is 7.63. The van der Waals surface area contributed by atoms with Gasteiger partial charge in [-0.2, -0.15) is 0 Å². The van der Waals surface area contributed by atoms with E-state index in [4.69, 9.17) is 16.0 Å². The van der Waals surface area contributed by atoms with Crippen LogP contribution in [0.3, 0.4) is 0 Å². The van der Waals surface area contributed by atoms with Crippen molar-refractivity contribution in [3.8, 4) is 17.2 Å². The number of hydrogen-bond donors (Lipinski definition) is 3. The Morgan fingerprint density at radius 1 is 0.771 bits per heavy atom. The lowest BCUT2D eigenvalue weighted by Crippen LogP contribution is -2.39. The van der Waals surface area contributed by atoms with Crippen LogP contribution >= 0.6 is 0 Å². The van der Waals surface area contributed by atoms with Crippen LogP contribution in [0.2, 0.25) is 0 Å². The number of carbonyl (C=O) groups is 2. The highest BCUT2D eigenvalue weighted by Gasteiger charge is 2.27. The number of carboxylic acid groups (broad SMARTS) is 1. The molecule has 0 aromatic heterocycles. The van der Waals surface area contributed by atoms with Crippen LogP contribution < -0.4 is 19.5 Å². The molecule has 0 atom stereocenters. The molecule has 5 aromatic rings. The van der Waals surface area contributed by atoms with Crippen molar-refractivity contribution in [1.82, 2.24) is 4.72 Å². The van der Waals surface area contributed by atoms with Crippen LogP contribution in [0, 0.1) is 6.57 Å². The minimum Gasteiger partial charge on any atom is -0.490 e. The lowest BCUT2D eigenvalue weighted by Gasteiger charge is -2.29. The molecule has 0 unspecified atom stereocenters. The zero-order valence-corrected chi connectivity index (χ0v) is 26.4. The first kappa shape index (κ1) is 32.2. The molecule has 10 nitrogen and oxygen atoms in total. The van der Waals surface area contributed by atoms with Gasteiger partial charge in [0.1, 0.15) is 17.2 Å². The Balaban J connectivity index is 1.02. The molecule has 0 heterocycles. The summed E-state index contributed by atoms with van der Waals surface area (Å²) in [6.45, 7) is 7.13. The van der Waals surface area contributed by atoms with Crippen LogP contribution in [0.5, 0.6) is 17.2 Å². The number of benzene rings is 5. The number of rotatable bonds is 10. The molecule has 1 fully saturated rings. The highest BCUT2D eigenvalue weighted by Crippen LogP contribution is 2.31. The van der Waals surface area contributed by atoms with Crippen LogP contribution in [0.4, 0.5) is 11.4 Å². The number of ether oxygens (including phenoxy) is 2. The molecule has 0 bridgehead atoms. The van der Waals surface area contributed by atoms with E-state index in [-0.39, 0.29) is 34.0 Å². The molecular weight excluding hydrogens is 630 g/mol. The van der Waals surface area contributed by atoms with Gasteiger partial charge in [-0.15, -0.1) is 0 Å². The summed E-state index contributed by atoms with van der Waals surface area (Å²) in [4.78, 5) is 27.5. The van der Waals surface area contributed by atoms with Gasteiger partial charge in [0.15, 0.2) is 5.69 Å². The van der Waals surface area contributed by atoms with Crippen molar-refractivity contribution >= 4 is 44.0 Å². The second-order valence-electron chi connectivity index (χ2n) is 11.4. The topological polar surface area (TPSA) is 135 Å². The zero-order valence-electron chi connectivity index (χ0n) is 25.6. The smallest absolute Gasteiger partial charge is 0.337 e. The number of aromatic carboxylic acids is 1. The van der Waals surface area contributed by atoms with E-state index in [0.29, 0.717) is 42.7 Å². The Morgan fingerprint density at radius 2 is 1.44 bits per heavy atom. The van der Waals surface area contributed by atoms with Crippen molar-refractivity contribution in [1.29, 1.82) is 0 Å². The van der Waals surface area contributed by atoms with Crippen molar-refractivity contribution in [2.24, 2.45) is 0 Å². The maximum absolute atomic E-state index is 12.8. The number of carbonyl (C=O) groups excluding carboxylic acids is 1. The number of para-hydroxylation sites is 1. The average Bonchev–Trinajstić information content (AvgIpc) is 3.09. The Bertz CT molecular complexity index is 2140. The maximum Gasteiger partial charge on any atom is 0.337 e. The predicted molar refractivity (Wildman–Crippen MR) is 182 cm³/mol. The largest absolute Gasteiger partial charge is 0.490 e. The first-order valence-electron chi connectivity index (χ1n) is 15.3. The van der Waals surface area contributed by atoms with Crippen LogP contribution in [0.25, 0.3) is 15.6 Å². The van der Waals surface area contributed by atoms with Gasteiger partial charge in [0.2, 0.25) is 10.0 Å². The Hall–Kier alpha value is -5.70. The van der Waals surface area contributed by atoms with Crippen LogP contribution in [0.15, 0.2) is 114 Å². The van der Waals surface area contributed by atoms with Crippen LogP contribution in [-0.2, 0) is 10.0 Å². The van der Waals surface area contributed by atoms with Crippen molar-refractivity contribution in [3.63, 3.8) is 0 Å². The van der Waals surface area contributed by atoms with E-state index in [2.05, 4.69) is 14.9 Å². The minimum absolute atomic E-state index is 0.00801. The Labute approximate surface area is 277 Å². The summed E-state index contributed by atoms with van der Waals surface area (Å²) in [7, 11) is -3.71. The third-order valence-corrected chi connectivity index (χ3v) is 9.62. The monoisotopic (exact) mass is 661 g/mol. The summed E-state index contributed by atoms with van der Waals surface area (Å²) in [6, 6.07) is 30.1. The molecule has 6 rings (SSSR count). The molecule has 0 spiro atoms. The quantitative estimate of drug-likeness (QED) is 0.130. The Morgan fingerprint density at radius 3 is 2.15 bits per heavy atom. The fourth-order valence-corrected chi connectivity index (χ4v) is 6.97. The van der Waals surface area contributed by atoms with E-state index in [0.717, 1.165) is 16.5 Å². The number of anilines is 1. The summed E-state index contributed by atoms with van der Waals surface area (Å²) in [5.41, 5.74) is 0.863. The predicted octanol–water partition coefficient (Wildman–Crippen LogP) is 7.80. The molecule has 11 heteroatoms. The van der Waals surface area contributed by atoms with E-state index in [1.807, 2.05) is 36.4 Å².